The van der Waals surface area contributed by atoms with Gasteiger partial charge in [0.15, 0.2) is 0 Å². The predicted molar refractivity (Wildman–Crippen MR) is 77.3 cm³/mol. The van der Waals surface area contributed by atoms with Gasteiger partial charge in [-0.05, 0) is 13.3 Å². The molecule has 0 radical (unpaired) electrons. The number of nitrogens with zero attached hydrogens (tertiary/aromatic N) is 2. The van der Waals surface area contributed by atoms with Crippen LogP contribution < -0.4 is 5.32 Å². The van der Waals surface area contributed by atoms with Gasteiger partial charge in [-0.3, -0.25) is 14.6 Å². The van der Waals surface area contributed by atoms with Crippen molar-refractivity contribution in [1.82, 2.24) is 15.1 Å². The Kier molecular flexibility index (Phi) is 8.02. The SMILES string of the molecule is CCOCCN1CCN(CCNC(C)=O)C[C@H]1CC. The van der Waals surface area contributed by atoms with Gasteiger partial charge in [-0.1, -0.05) is 6.92 Å². The number of nitrogens with one attached hydrogen (secondary N) is 1. The molecular formula is C14H29N3O2. The van der Waals surface area contributed by atoms with Crippen molar-refractivity contribution in [3.8, 4) is 0 Å². The van der Waals surface area contributed by atoms with Crippen LogP contribution in [-0.2, 0) is 9.53 Å². The van der Waals surface area contributed by atoms with Crippen LogP contribution in [0.15, 0.2) is 0 Å². The molecule has 1 saturated heterocycles. The number of carbonyl (C=O) groups excluding carboxylic acids is 1. The maximum absolute atomic E-state index is 10.9. The van der Waals surface area contributed by atoms with Crippen molar-refractivity contribution in [2.75, 3.05) is 52.5 Å². The third-order valence-corrected chi connectivity index (χ3v) is 3.69. The van der Waals surface area contributed by atoms with E-state index in [0.717, 1.165) is 52.5 Å². The summed E-state index contributed by atoms with van der Waals surface area (Å²) >= 11 is 0. The molecule has 1 N–H and O–H groups in total. The zero-order valence-corrected chi connectivity index (χ0v) is 12.7. The van der Waals surface area contributed by atoms with E-state index in [2.05, 4.69) is 22.0 Å². The Labute approximate surface area is 117 Å². The van der Waals surface area contributed by atoms with Crippen molar-refractivity contribution < 1.29 is 9.53 Å². The van der Waals surface area contributed by atoms with Gasteiger partial charge in [-0.15, -0.1) is 0 Å². The lowest BCUT2D eigenvalue weighted by atomic mass is 10.1. The minimum absolute atomic E-state index is 0.0578. The third-order valence-electron chi connectivity index (χ3n) is 3.69. The summed E-state index contributed by atoms with van der Waals surface area (Å²) < 4.78 is 5.44. The second kappa shape index (κ2) is 9.28. The summed E-state index contributed by atoms with van der Waals surface area (Å²) in [6, 6.07) is 0.617. The van der Waals surface area contributed by atoms with Crippen LogP contribution in [0.2, 0.25) is 0 Å². The van der Waals surface area contributed by atoms with Crippen LogP contribution in [0.4, 0.5) is 0 Å². The van der Waals surface area contributed by atoms with Gasteiger partial charge in [0.1, 0.15) is 0 Å². The summed E-state index contributed by atoms with van der Waals surface area (Å²) in [4.78, 5) is 15.8. The van der Waals surface area contributed by atoms with Crippen LogP contribution in [0.25, 0.3) is 0 Å². The normalized spacial score (nSPS) is 21.5. The molecule has 1 heterocycles. The van der Waals surface area contributed by atoms with Gasteiger partial charge >= 0.3 is 0 Å². The zero-order chi connectivity index (χ0) is 14.1. The van der Waals surface area contributed by atoms with Crippen LogP contribution in [0.3, 0.4) is 0 Å². The fourth-order valence-corrected chi connectivity index (χ4v) is 2.56. The van der Waals surface area contributed by atoms with E-state index in [1.165, 1.54) is 6.42 Å². The Morgan fingerprint density at radius 1 is 1.32 bits per heavy atom. The third kappa shape index (κ3) is 6.36. The van der Waals surface area contributed by atoms with Gasteiger partial charge in [0, 0.05) is 58.8 Å². The molecule has 1 fully saturated rings. The van der Waals surface area contributed by atoms with E-state index < -0.39 is 0 Å². The van der Waals surface area contributed by atoms with Crippen molar-refractivity contribution in [2.24, 2.45) is 0 Å². The molecule has 0 aliphatic carbocycles. The first-order valence-corrected chi connectivity index (χ1v) is 7.46. The molecular weight excluding hydrogens is 242 g/mol. The minimum Gasteiger partial charge on any atom is -0.380 e. The molecule has 0 unspecified atom stereocenters. The molecule has 1 atom stereocenters. The van der Waals surface area contributed by atoms with Crippen molar-refractivity contribution in [3.05, 3.63) is 0 Å². The molecule has 0 aromatic carbocycles. The van der Waals surface area contributed by atoms with Crippen molar-refractivity contribution in [2.45, 2.75) is 33.2 Å². The molecule has 0 saturated carbocycles. The molecule has 1 amide bonds. The number of amides is 1. The first kappa shape index (κ1) is 16.4. The van der Waals surface area contributed by atoms with Gasteiger partial charge in [-0.25, -0.2) is 0 Å². The average Bonchev–Trinajstić information content (AvgIpc) is 2.39. The Hall–Kier alpha value is -0.650. The summed E-state index contributed by atoms with van der Waals surface area (Å²) in [7, 11) is 0. The lowest BCUT2D eigenvalue weighted by molar-refractivity contribution is -0.119. The van der Waals surface area contributed by atoms with E-state index >= 15 is 0 Å². The van der Waals surface area contributed by atoms with E-state index in [1.807, 2.05) is 6.92 Å². The highest BCUT2D eigenvalue weighted by molar-refractivity contribution is 5.72. The molecule has 1 aliphatic rings. The quantitative estimate of drug-likeness (QED) is 0.655. The van der Waals surface area contributed by atoms with Crippen LogP contribution in [0.1, 0.15) is 27.2 Å². The second-order valence-electron chi connectivity index (χ2n) is 5.08. The van der Waals surface area contributed by atoms with Gasteiger partial charge in [0.05, 0.1) is 6.61 Å². The van der Waals surface area contributed by atoms with Crippen LogP contribution in [0.5, 0.6) is 0 Å². The maximum atomic E-state index is 10.9. The molecule has 19 heavy (non-hydrogen) atoms. The largest absolute Gasteiger partial charge is 0.380 e. The number of piperazine rings is 1. The molecule has 5 nitrogen and oxygen atoms in total. The maximum Gasteiger partial charge on any atom is 0.216 e. The Morgan fingerprint density at radius 2 is 2.11 bits per heavy atom. The molecule has 112 valence electrons. The number of hydrogen-bond donors (Lipinski definition) is 1. The Balaban J connectivity index is 2.27. The van der Waals surface area contributed by atoms with Crippen molar-refractivity contribution in [3.63, 3.8) is 0 Å². The average molecular weight is 271 g/mol. The second-order valence-corrected chi connectivity index (χ2v) is 5.08. The summed E-state index contributed by atoms with van der Waals surface area (Å²) in [5.41, 5.74) is 0. The van der Waals surface area contributed by atoms with Gasteiger partial charge in [0.2, 0.25) is 5.91 Å². The van der Waals surface area contributed by atoms with Crippen LogP contribution >= 0.6 is 0 Å². The van der Waals surface area contributed by atoms with E-state index in [1.54, 1.807) is 6.92 Å². The highest BCUT2D eigenvalue weighted by atomic mass is 16.5. The van der Waals surface area contributed by atoms with E-state index in [-0.39, 0.29) is 5.91 Å². The molecule has 0 aromatic rings. The standard InChI is InChI=1S/C14H29N3O2/c1-4-14-12-16(7-6-15-13(3)18)8-9-17(14)10-11-19-5-2/h14H,4-12H2,1-3H3,(H,15,18)/t14-/m1/s1. The Morgan fingerprint density at radius 3 is 2.74 bits per heavy atom. The Bertz CT molecular complexity index is 261. The van der Waals surface area contributed by atoms with Crippen LogP contribution in [-0.4, -0.2) is 74.2 Å². The van der Waals surface area contributed by atoms with E-state index in [0.29, 0.717) is 6.04 Å². The number of ether oxygens (including phenoxy) is 1. The first-order chi connectivity index (χ1) is 9.17. The topological polar surface area (TPSA) is 44.8 Å². The van der Waals surface area contributed by atoms with Crippen LogP contribution in [0, 0.1) is 0 Å². The lowest BCUT2D eigenvalue weighted by Gasteiger charge is -2.41. The minimum atomic E-state index is 0.0578. The molecule has 1 aliphatic heterocycles. The lowest BCUT2D eigenvalue weighted by Crippen LogP contribution is -2.54. The molecule has 0 bridgehead atoms. The smallest absolute Gasteiger partial charge is 0.216 e. The van der Waals surface area contributed by atoms with Crippen molar-refractivity contribution in [1.29, 1.82) is 0 Å². The fourth-order valence-electron chi connectivity index (χ4n) is 2.56. The van der Waals surface area contributed by atoms with Gasteiger partial charge < -0.3 is 10.1 Å². The van der Waals surface area contributed by atoms with Gasteiger partial charge in [-0.2, -0.15) is 0 Å². The van der Waals surface area contributed by atoms with Crippen molar-refractivity contribution >= 4 is 5.91 Å². The summed E-state index contributed by atoms with van der Waals surface area (Å²) in [6.45, 7) is 13.5. The van der Waals surface area contributed by atoms with E-state index in [9.17, 15) is 4.79 Å². The zero-order valence-electron chi connectivity index (χ0n) is 12.7. The summed E-state index contributed by atoms with van der Waals surface area (Å²) in [5.74, 6) is 0.0578. The highest BCUT2D eigenvalue weighted by Crippen LogP contribution is 2.12. The molecule has 0 aromatic heterocycles. The van der Waals surface area contributed by atoms with Gasteiger partial charge in [0.25, 0.3) is 0 Å². The summed E-state index contributed by atoms with van der Waals surface area (Å²) in [6.07, 6.45) is 1.17. The predicted octanol–water partition coefficient (Wildman–Crippen LogP) is 0.555. The van der Waals surface area contributed by atoms with E-state index in [4.69, 9.17) is 4.74 Å². The summed E-state index contributed by atoms with van der Waals surface area (Å²) in [5, 5.41) is 2.86. The molecule has 5 heteroatoms. The molecule has 0 spiro atoms. The highest BCUT2D eigenvalue weighted by Gasteiger charge is 2.24. The number of hydrogen-bond acceptors (Lipinski definition) is 4. The fraction of sp³-hybridized carbons (Fsp3) is 0.929. The first-order valence-electron chi connectivity index (χ1n) is 7.46. The number of carbonyl (C=O) groups is 1. The number of rotatable bonds is 8. The molecule has 1 rings (SSSR count). The monoisotopic (exact) mass is 271 g/mol.